The second-order valence-corrected chi connectivity index (χ2v) is 6.41. The molecule has 0 bridgehead atoms. The van der Waals surface area contributed by atoms with Crippen molar-refractivity contribution in [3.63, 3.8) is 0 Å². The molecule has 1 heterocycles. The summed E-state index contributed by atoms with van der Waals surface area (Å²) >= 11 is 0. The number of carboxylic acid groups (broad SMARTS) is 1. The van der Waals surface area contributed by atoms with Crippen molar-refractivity contribution >= 4 is 17.7 Å². The first kappa shape index (κ1) is 17.9. The minimum atomic E-state index is -0.897. The average Bonchev–Trinajstić information content (AvgIpc) is 3.06. The Kier molecular flexibility index (Phi) is 5.51. The van der Waals surface area contributed by atoms with Gasteiger partial charge in [0.1, 0.15) is 5.82 Å². The third-order valence-corrected chi connectivity index (χ3v) is 4.57. The Bertz CT molecular complexity index is 795. The monoisotopic (exact) mass is 356 g/mol. The maximum atomic E-state index is 13.9. The van der Waals surface area contributed by atoms with E-state index < -0.39 is 5.97 Å². The summed E-state index contributed by atoms with van der Waals surface area (Å²) in [5, 5.41) is 11.9. The van der Waals surface area contributed by atoms with E-state index in [1.807, 2.05) is 30.3 Å². The summed E-state index contributed by atoms with van der Waals surface area (Å²) < 4.78 is 13.9. The molecule has 0 saturated heterocycles. The zero-order chi connectivity index (χ0) is 18.5. The van der Waals surface area contributed by atoms with Crippen LogP contribution < -0.4 is 10.2 Å². The number of carboxylic acids is 1. The minimum Gasteiger partial charge on any atom is -0.481 e. The van der Waals surface area contributed by atoms with E-state index in [0.29, 0.717) is 37.1 Å². The van der Waals surface area contributed by atoms with Crippen molar-refractivity contribution in [2.45, 2.75) is 31.7 Å². The van der Waals surface area contributed by atoms with Crippen molar-refractivity contribution in [1.29, 1.82) is 0 Å². The van der Waals surface area contributed by atoms with Crippen LogP contribution in [0.25, 0.3) is 0 Å². The highest BCUT2D eigenvalue weighted by atomic mass is 19.1. The number of nitrogens with one attached hydrogen (secondary N) is 1. The number of urea groups is 1. The van der Waals surface area contributed by atoms with E-state index in [9.17, 15) is 14.0 Å². The van der Waals surface area contributed by atoms with Crippen molar-refractivity contribution in [2.75, 3.05) is 11.4 Å². The summed E-state index contributed by atoms with van der Waals surface area (Å²) in [6, 6.07) is 13.7. The third-order valence-electron chi connectivity index (χ3n) is 4.57. The van der Waals surface area contributed by atoms with E-state index in [4.69, 9.17) is 5.11 Å². The molecule has 0 spiro atoms. The predicted molar refractivity (Wildman–Crippen MR) is 96.8 cm³/mol. The second-order valence-electron chi connectivity index (χ2n) is 6.41. The van der Waals surface area contributed by atoms with Crippen LogP contribution in [-0.2, 0) is 17.6 Å². The van der Waals surface area contributed by atoms with E-state index in [1.54, 1.807) is 12.1 Å². The average molecular weight is 356 g/mol. The highest BCUT2D eigenvalue weighted by Gasteiger charge is 2.28. The lowest BCUT2D eigenvalue weighted by Crippen LogP contribution is -2.45. The van der Waals surface area contributed by atoms with Crippen LogP contribution in [-0.4, -0.2) is 29.7 Å². The first-order valence-electron chi connectivity index (χ1n) is 8.65. The molecule has 1 aliphatic rings. The van der Waals surface area contributed by atoms with Crippen LogP contribution in [0.2, 0.25) is 0 Å². The maximum absolute atomic E-state index is 13.9. The van der Waals surface area contributed by atoms with E-state index in [1.165, 1.54) is 11.0 Å². The molecule has 1 aliphatic heterocycles. The summed E-state index contributed by atoms with van der Waals surface area (Å²) in [4.78, 5) is 25.2. The molecule has 0 fully saturated rings. The summed E-state index contributed by atoms with van der Waals surface area (Å²) in [6.45, 7) is 0.416. The lowest BCUT2D eigenvalue weighted by atomic mass is 10.0. The van der Waals surface area contributed by atoms with Gasteiger partial charge in [-0.2, -0.15) is 0 Å². The van der Waals surface area contributed by atoms with Gasteiger partial charge < -0.3 is 10.4 Å². The highest BCUT2D eigenvalue weighted by molar-refractivity contribution is 5.94. The Hall–Kier alpha value is -2.89. The Morgan fingerprint density at radius 1 is 1.15 bits per heavy atom. The van der Waals surface area contributed by atoms with E-state index in [0.717, 1.165) is 5.56 Å². The number of nitrogens with zero attached hydrogens (tertiary/aromatic N) is 1. The fourth-order valence-corrected chi connectivity index (χ4v) is 3.28. The number of halogens is 1. The summed E-state index contributed by atoms with van der Waals surface area (Å²) in [5.74, 6) is -1.20. The molecule has 6 heteroatoms. The van der Waals surface area contributed by atoms with Gasteiger partial charge in [-0.1, -0.05) is 36.4 Å². The smallest absolute Gasteiger partial charge is 0.322 e. The van der Waals surface area contributed by atoms with Crippen molar-refractivity contribution in [3.05, 3.63) is 65.5 Å². The van der Waals surface area contributed by atoms with Gasteiger partial charge in [0.15, 0.2) is 0 Å². The Morgan fingerprint density at radius 2 is 1.92 bits per heavy atom. The number of anilines is 1. The topological polar surface area (TPSA) is 69.6 Å². The number of carbonyl (C=O) groups excluding carboxylic acids is 1. The molecular formula is C20H21FN2O3. The van der Waals surface area contributed by atoms with Gasteiger partial charge >= 0.3 is 12.0 Å². The lowest BCUT2D eigenvalue weighted by molar-refractivity contribution is -0.137. The van der Waals surface area contributed by atoms with Crippen molar-refractivity contribution in [3.8, 4) is 0 Å². The zero-order valence-corrected chi connectivity index (χ0v) is 14.3. The maximum Gasteiger partial charge on any atom is 0.322 e. The summed E-state index contributed by atoms with van der Waals surface area (Å²) in [6.07, 6.45) is 1.33. The molecular weight excluding hydrogens is 335 g/mol. The van der Waals surface area contributed by atoms with Gasteiger partial charge in [-0.3, -0.25) is 9.69 Å². The van der Waals surface area contributed by atoms with Crippen LogP contribution in [0.3, 0.4) is 0 Å². The van der Waals surface area contributed by atoms with E-state index >= 15 is 0 Å². The Morgan fingerprint density at radius 3 is 2.65 bits per heavy atom. The predicted octanol–water partition coefficient (Wildman–Crippen LogP) is 3.37. The first-order chi connectivity index (χ1) is 12.5. The molecule has 136 valence electrons. The van der Waals surface area contributed by atoms with Crippen LogP contribution in [0.4, 0.5) is 14.9 Å². The van der Waals surface area contributed by atoms with Crippen LogP contribution in [0.15, 0.2) is 48.5 Å². The molecule has 0 saturated carbocycles. The number of hydrogen-bond acceptors (Lipinski definition) is 2. The normalized spacial score (nSPS) is 14.0. The molecule has 0 aromatic heterocycles. The molecule has 1 unspecified atom stereocenters. The third kappa shape index (κ3) is 4.20. The van der Waals surface area contributed by atoms with Gasteiger partial charge in [0.05, 0.1) is 5.69 Å². The highest BCUT2D eigenvalue weighted by Crippen LogP contribution is 2.29. The van der Waals surface area contributed by atoms with Gasteiger partial charge in [0, 0.05) is 24.6 Å². The minimum absolute atomic E-state index is 0.0248. The SMILES string of the molecule is O=C(O)CCC(Cc1ccccc1)NC(=O)N1CCc2c(F)cccc21. The lowest BCUT2D eigenvalue weighted by Gasteiger charge is -2.24. The number of rotatable bonds is 6. The van der Waals surface area contributed by atoms with E-state index in [2.05, 4.69) is 5.32 Å². The number of hydrogen-bond donors (Lipinski definition) is 2. The fourth-order valence-electron chi connectivity index (χ4n) is 3.28. The first-order valence-corrected chi connectivity index (χ1v) is 8.65. The quantitative estimate of drug-likeness (QED) is 0.834. The second kappa shape index (κ2) is 7.99. The standard InChI is InChI=1S/C20H21FN2O3/c21-17-7-4-8-18-16(17)11-12-23(18)20(26)22-15(9-10-19(24)25)13-14-5-2-1-3-6-14/h1-8,15H,9-13H2,(H,22,26)(H,24,25). The van der Waals surface area contributed by atoms with Crippen molar-refractivity contribution < 1.29 is 19.1 Å². The zero-order valence-electron chi connectivity index (χ0n) is 14.3. The molecule has 5 nitrogen and oxygen atoms in total. The van der Waals surface area contributed by atoms with Gasteiger partial charge in [-0.05, 0) is 37.0 Å². The Balaban J connectivity index is 1.71. The van der Waals surface area contributed by atoms with Crippen LogP contribution in [0.5, 0.6) is 0 Å². The molecule has 1 atom stereocenters. The number of amides is 2. The molecule has 26 heavy (non-hydrogen) atoms. The van der Waals surface area contributed by atoms with Crippen LogP contribution in [0.1, 0.15) is 24.0 Å². The van der Waals surface area contributed by atoms with Crippen molar-refractivity contribution in [1.82, 2.24) is 5.32 Å². The number of aliphatic carboxylic acids is 1. The van der Waals surface area contributed by atoms with Gasteiger partial charge in [-0.15, -0.1) is 0 Å². The van der Waals surface area contributed by atoms with Crippen molar-refractivity contribution in [2.24, 2.45) is 0 Å². The molecule has 2 aromatic rings. The number of fused-ring (bicyclic) bond motifs is 1. The summed E-state index contributed by atoms with van der Waals surface area (Å²) in [7, 11) is 0. The van der Waals surface area contributed by atoms with Crippen LogP contribution in [0, 0.1) is 5.82 Å². The largest absolute Gasteiger partial charge is 0.481 e. The molecule has 2 aromatic carbocycles. The van der Waals surface area contributed by atoms with Gasteiger partial charge in [-0.25, -0.2) is 9.18 Å². The molecule has 3 rings (SSSR count). The molecule has 0 radical (unpaired) electrons. The van der Waals surface area contributed by atoms with E-state index in [-0.39, 0.29) is 24.3 Å². The number of carbonyl (C=O) groups is 2. The molecule has 0 aliphatic carbocycles. The number of benzene rings is 2. The fraction of sp³-hybridized carbons (Fsp3) is 0.300. The Labute approximate surface area is 151 Å². The van der Waals surface area contributed by atoms with Gasteiger partial charge in [0.25, 0.3) is 0 Å². The molecule has 2 N–H and O–H groups in total. The van der Waals surface area contributed by atoms with Gasteiger partial charge in [0.2, 0.25) is 0 Å². The van der Waals surface area contributed by atoms with Crippen LogP contribution >= 0.6 is 0 Å². The summed E-state index contributed by atoms with van der Waals surface area (Å²) in [5.41, 5.74) is 2.16. The molecule has 2 amide bonds.